The van der Waals surface area contributed by atoms with Gasteiger partial charge in [0.2, 0.25) is 0 Å². The Morgan fingerprint density at radius 1 is 1.06 bits per heavy atom. The Morgan fingerprint density at radius 3 is 2.33 bits per heavy atom. The topological polar surface area (TPSA) is 88.5 Å². The van der Waals surface area contributed by atoms with Gasteiger partial charge in [0.25, 0.3) is 11.7 Å². The van der Waals surface area contributed by atoms with E-state index < -0.39 is 17.7 Å². The zero-order valence-electron chi connectivity index (χ0n) is 21.9. The minimum Gasteiger partial charge on any atom is -0.507 e. The lowest BCUT2D eigenvalue weighted by atomic mass is 9.95. The number of likely N-dealkylation sites (N-methyl/N-ethyl adjacent to an activating group) is 1. The highest BCUT2D eigenvalue weighted by Gasteiger charge is 2.46. The van der Waals surface area contributed by atoms with Gasteiger partial charge >= 0.3 is 0 Å². The van der Waals surface area contributed by atoms with Crippen LogP contribution in [0.1, 0.15) is 37.9 Å². The molecule has 1 saturated heterocycles. The molecule has 1 aliphatic heterocycles. The Hall–Kier alpha value is -3.52. The third-order valence-electron chi connectivity index (χ3n) is 5.84. The van der Waals surface area contributed by atoms with Crippen LogP contribution in [0, 0.1) is 5.92 Å². The first-order chi connectivity index (χ1) is 17.2. The van der Waals surface area contributed by atoms with E-state index in [1.807, 2.05) is 25.9 Å². The van der Waals surface area contributed by atoms with E-state index in [9.17, 15) is 14.7 Å². The SMILES string of the molecule is CCOc1ccc([C@H]2/C(=C(\O)c3ccc(OCC(C)C)cc3)C(=O)C(=O)N2CCN(C)C)cc1OC. The Labute approximate surface area is 213 Å². The third kappa shape index (κ3) is 5.99. The van der Waals surface area contributed by atoms with Gasteiger partial charge < -0.3 is 29.1 Å². The summed E-state index contributed by atoms with van der Waals surface area (Å²) < 4.78 is 16.9. The molecule has 1 heterocycles. The van der Waals surface area contributed by atoms with Crippen molar-refractivity contribution in [3.05, 3.63) is 59.2 Å². The van der Waals surface area contributed by atoms with Gasteiger partial charge in [0.15, 0.2) is 11.5 Å². The summed E-state index contributed by atoms with van der Waals surface area (Å²) in [7, 11) is 5.33. The number of benzene rings is 2. The van der Waals surface area contributed by atoms with Crippen LogP contribution >= 0.6 is 0 Å². The van der Waals surface area contributed by atoms with E-state index in [0.717, 1.165) is 0 Å². The van der Waals surface area contributed by atoms with Crippen molar-refractivity contribution in [3.8, 4) is 17.2 Å². The number of aliphatic hydroxyl groups is 1. The average Bonchev–Trinajstić information content (AvgIpc) is 3.11. The molecular formula is C28H36N2O6. The highest BCUT2D eigenvalue weighted by Crippen LogP contribution is 2.42. The summed E-state index contributed by atoms with van der Waals surface area (Å²) in [4.78, 5) is 29.8. The zero-order valence-corrected chi connectivity index (χ0v) is 21.9. The first-order valence-electron chi connectivity index (χ1n) is 12.1. The molecule has 2 aromatic carbocycles. The number of Topliss-reactive ketones (excluding diaryl/α,β-unsaturated/α-hetero) is 1. The first kappa shape index (κ1) is 27.1. The van der Waals surface area contributed by atoms with Gasteiger partial charge in [-0.05, 0) is 68.9 Å². The lowest BCUT2D eigenvalue weighted by molar-refractivity contribution is -0.140. The predicted molar refractivity (Wildman–Crippen MR) is 139 cm³/mol. The van der Waals surface area contributed by atoms with Gasteiger partial charge in [-0.2, -0.15) is 0 Å². The molecule has 0 spiro atoms. The molecule has 0 radical (unpaired) electrons. The Balaban J connectivity index is 2.08. The summed E-state index contributed by atoms with van der Waals surface area (Å²) >= 11 is 0. The summed E-state index contributed by atoms with van der Waals surface area (Å²) in [5, 5.41) is 11.3. The number of carbonyl (C=O) groups is 2. The van der Waals surface area contributed by atoms with Gasteiger partial charge in [0.1, 0.15) is 11.5 Å². The Kier molecular flexibility index (Phi) is 8.98. The molecule has 1 atom stereocenters. The maximum atomic E-state index is 13.2. The molecule has 1 N–H and O–H groups in total. The number of methoxy groups -OCH3 is 1. The number of ether oxygens (including phenoxy) is 3. The Bertz CT molecular complexity index is 1110. The lowest BCUT2D eigenvalue weighted by Gasteiger charge is -2.27. The Morgan fingerprint density at radius 2 is 1.75 bits per heavy atom. The molecule has 1 aliphatic rings. The van der Waals surface area contributed by atoms with Crippen molar-refractivity contribution in [2.45, 2.75) is 26.8 Å². The quantitative estimate of drug-likeness (QED) is 0.285. The van der Waals surface area contributed by atoms with Crippen LogP contribution in [0.25, 0.3) is 5.76 Å². The summed E-state index contributed by atoms with van der Waals surface area (Å²) in [6.45, 7) is 7.91. The van der Waals surface area contributed by atoms with Crippen LogP contribution in [0.5, 0.6) is 17.2 Å². The second-order valence-corrected chi connectivity index (χ2v) is 9.37. The van der Waals surface area contributed by atoms with E-state index in [0.29, 0.717) is 60.6 Å². The number of likely N-dealkylation sites (tertiary alicyclic amines) is 1. The highest BCUT2D eigenvalue weighted by molar-refractivity contribution is 6.46. The van der Waals surface area contributed by atoms with Gasteiger partial charge in [0, 0.05) is 18.7 Å². The standard InChI is InChI=1S/C28H36N2O6/c1-7-35-22-13-10-20(16-23(22)34-6)25-24(27(32)28(33)30(25)15-14-29(4)5)26(31)19-8-11-21(12-9-19)36-17-18(2)3/h8-13,16,18,25,31H,7,14-15,17H2,1-6H3/b26-24+/t25-/m0/s1. The van der Waals surface area contributed by atoms with Crippen molar-refractivity contribution >= 4 is 17.4 Å². The molecule has 0 bridgehead atoms. The molecule has 1 amide bonds. The van der Waals surface area contributed by atoms with Gasteiger partial charge in [-0.1, -0.05) is 19.9 Å². The number of amides is 1. The molecule has 194 valence electrons. The molecule has 0 aromatic heterocycles. The molecule has 0 aliphatic carbocycles. The molecule has 0 unspecified atom stereocenters. The van der Waals surface area contributed by atoms with E-state index in [-0.39, 0.29) is 11.3 Å². The molecule has 36 heavy (non-hydrogen) atoms. The molecular weight excluding hydrogens is 460 g/mol. The average molecular weight is 497 g/mol. The van der Waals surface area contributed by atoms with Crippen molar-refractivity contribution in [1.29, 1.82) is 0 Å². The minimum absolute atomic E-state index is 0.0424. The van der Waals surface area contributed by atoms with E-state index in [1.165, 1.54) is 12.0 Å². The summed E-state index contributed by atoms with van der Waals surface area (Å²) in [5.74, 6) is 0.498. The molecule has 0 saturated carbocycles. The number of ketones is 1. The second-order valence-electron chi connectivity index (χ2n) is 9.37. The second kappa shape index (κ2) is 11.9. The van der Waals surface area contributed by atoms with Crippen LogP contribution in [-0.2, 0) is 9.59 Å². The van der Waals surface area contributed by atoms with E-state index in [1.54, 1.807) is 42.5 Å². The monoisotopic (exact) mass is 496 g/mol. The minimum atomic E-state index is -0.772. The molecule has 3 rings (SSSR count). The van der Waals surface area contributed by atoms with Crippen LogP contribution < -0.4 is 14.2 Å². The number of nitrogens with zero attached hydrogens (tertiary/aromatic N) is 2. The number of hydrogen-bond acceptors (Lipinski definition) is 7. The van der Waals surface area contributed by atoms with E-state index in [4.69, 9.17) is 14.2 Å². The van der Waals surface area contributed by atoms with Crippen LogP contribution in [0.15, 0.2) is 48.0 Å². The van der Waals surface area contributed by atoms with Crippen molar-refractivity contribution in [1.82, 2.24) is 9.80 Å². The fraction of sp³-hybridized carbons (Fsp3) is 0.429. The maximum absolute atomic E-state index is 13.2. The number of carbonyl (C=O) groups excluding carboxylic acids is 2. The largest absolute Gasteiger partial charge is 0.507 e. The van der Waals surface area contributed by atoms with Gasteiger partial charge in [-0.3, -0.25) is 9.59 Å². The van der Waals surface area contributed by atoms with Gasteiger partial charge in [0.05, 0.1) is 31.9 Å². The summed E-state index contributed by atoms with van der Waals surface area (Å²) in [6, 6.07) is 11.4. The van der Waals surface area contributed by atoms with Crippen molar-refractivity contribution in [2.24, 2.45) is 5.92 Å². The van der Waals surface area contributed by atoms with Crippen LogP contribution in [0.2, 0.25) is 0 Å². The third-order valence-corrected chi connectivity index (χ3v) is 5.84. The summed E-state index contributed by atoms with van der Waals surface area (Å²) in [5.41, 5.74) is 1.12. The predicted octanol–water partition coefficient (Wildman–Crippen LogP) is 4.11. The van der Waals surface area contributed by atoms with Crippen LogP contribution in [-0.4, -0.2) is 74.1 Å². The van der Waals surface area contributed by atoms with Crippen molar-refractivity contribution in [3.63, 3.8) is 0 Å². The first-order valence-corrected chi connectivity index (χ1v) is 12.1. The zero-order chi connectivity index (χ0) is 26.4. The fourth-order valence-electron chi connectivity index (χ4n) is 4.02. The number of rotatable bonds is 11. The maximum Gasteiger partial charge on any atom is 0.295 e. The van der Waals surface area contributed by atoms with Gasteiger partial charge in [-0.25, -0.2) is 0 Å². The van der Waals surface area contributed by atoms with E-state index in [2.05, 4.69) is 13.8 Å². The van der Waals surface area contributed by atoms with Crippen LogP contribution in [0.4, 0.5) is 0 Å². The molecule has 8 nitrogen and oxygen atoms in total. The molecule has 8 heteroatoms. The smallest absolute Gasteiger partial charge is 0.295 e. The van der Waals surface area contributed by atoms with Crippen LogP contribution in [0.3, 0.4) is 0 Å². The number of aliphatic hydroxyl groups excluding tert-OH is 1. The normalized spacial score (nSPS) is 17.2. The molecule has 1 fully saturated rings. The number of hydrogen-bond donors (Lipinski definition) is 1. The highest BCUT2D eigenvalue weighted by atomic mass is 16.5. The van der Waals surface area contributed by atoms with Gasteiger partial charge in [-0.15, -0.1) is 0 Å². The summed E-state index contributed by atoms with van der Waals surface area (Å²) in [6.07, 6.45) is 0. The van der Waals surface area contributed by atoms with Crippen molar-refractivity contribution < 1.29 is 28.9 Å². The lowest BCUT2D eigenvalue weighted by Crippen LogP contribution is -2.35. The van der Waals surface area contributed by atoms with Crippen molar-refractivity contribution in [2.75, 3.05) is 47.5 Å². The fourth-order valence-corrected chi connectivity index (χ4v) is 4.02. The molecule has 2 aromatic rings. The van der Waals surface area contributed by atoms with E-state index >= 15 is 0 Å².